The molecule has 0 bridgehead atoms. The van der Waals surface area contributed by atoms with Gasteiger partial charge in [0.2, 0.25) is 6.08 Å². The largest absolute Gasteiger partial charge is 0.270 e. The highest BCUT2D eigenvalue weighted by atomic mass is 79.9. The van der Waals surface area contributed by atoms with Crippen LogP contribution in [0.1, 0.15) is 18.5 Å². The molecule has 0 spiro atoms. The first-order valence-electron chi connectivity index (χ1n) is 4.06. The van der Waals surface area contributed by atoms with Crippen molar-refractivity contribution in [2.24, 2.45) is 4.99 Å². The van der Waals surface area contributed by atoms with Gasteiger partial charge in [0, 0.05) is 16.6 Å². The van der Waals surface area contributed by atoms with Crippen LogP contribution in [0.15, 0.2) is 27.7 Å². The number of nitro groups is 1. The molecule has 5 nitrogen and oxygen atoms in total. The minimum absolute atomic E-state index is 0.0349. The number of non-ortho nitro benzene ring substituents is 1. The Balaban J connectivity index is 3.19. The normalized spacial score (nSPS) is 11.6. The minimum atomic E-state index is -0.494. The minimum Gasteiger partial charge on any atom is -0.258 e. The van der Waals surface area contributed by atoms with Gasteiger partial charge in [0.05, 0.1) is 11.0 Å². The van der Waals surface area contributed by atoms with Crippen molar-refractivity contribution < 1.29 is 9.72 Å². The van der Waals surface area contributed by atoms with E-state index >= 15 is 0 Å². The summed E-state index contributed by atoms with van der Waals surface area (Å²) in [5.41, 5.74) is 0.562. The molecule has 0 aliphatic carbocycles. The van der Waals surface area contributed by atoms with Crippen molar-refractivity contribution in [1.82, 2.24) is 0 Å². The fourth-order valence-electron chi connectivity index (χ4n) is 1.10. The van der Waals surface area contributed by atoms with Crippen LogP contribution in [-0.4, -0.2) is 11.0 Å². The topological polar surface area (TPSA) is 72.6 Å². The van der Waals surface area contributed by atoms with Crippen LogP contribution in [0, 0.1) is 10.1 Å². The number of hydrogen-bond acceptors (Lipinski definition) is 4. The van der Waals surface area contributed by atoms with Crippen LogP contribution < -0.4 is 0 Å². The molecule has 0 aliphatic heterocycles. The third kappa shape index (κ3) is 2.97. The lowest BCUT2D eigenvalue weighted by Gasteiger charge is -2.04. The molecule has 1 rings (SSSR count). The number of nitrogens with zero attached hydrogens (tertiary/aromatic N) is 2. The Kier molecular flexibility index (Phi) is 3.71. The third-order valence-corrected chi connectivity index (χ3v) is 2.30. The van der Waals surface area contributed by atoms with Crippen LogP contribution in [0.3, 0.4) is 0 Å². The standard InChI is InChI=1S/C9H7BrN2O3/c1-6(11-5-13)7-2-8(10)4-9(3-7)12(14)15/h2-4,6H,1H3. The molecule has 1 atom stereocenters. The van der Waals surface area contributed by atoms with Crippen LogP contribution in [0.4, 0.5) is 5.69 Å². The fourth-order valence-corrected chi connectivity index (χ4v) is 1.60. The number of benzene rings is 1. The summed E-state index contributed by atoms with van der Waals surface area (Å²) >= 11 is 3.16. The first-order chi connectivity index (χ1) is 7.04. The van der Waals surface area contributed by atoms with E-state index in [1.165, 1.54) is 18.2 Å². The van der Waals surface area contributed by atoms with E-state index in [-0.39, 0.29) is 5.69 Å². The Hall–Kier alpha value is -1.52. The lowest BCUT2D eigenvalue weighted by Crippen LogP contribution is -1.93. The van der Waals surface area contributed by atoms with Gasteiger partial charge in [-0.05, 0) is 18.6 Å². The van der Waals surface area contributed by atoms with Crippen molar-refractivity contribution >= 4 is 27.7 Å². The lowest BCUT2D eigenvalue weighted by molar-refractivity contribution is -0.385. The van der Waals surface area contributed by atoms with Gasteiger partial charge >= 0.3 is 0 Å². The zero-order chi connectivity index (χ0) is 11.4. The monoisotopic (exact) mass is 270 g/mol. The first kappa shape index (κ1) is 11.6. The van der Waals surface area contributed by atoms with Gasteiger partial charge in [-0.2, -0.15) is 4.99 Å². The van der Waals surface area contributed by atoms with Gasteiger partial charge in [0.1, 0.15) is 0 Å². The first-order valence-corrected chi connectivity index (χ1v) is 4.85. The molecule has 0 aliphatic rings. The summed E-state index contributed by atoms with van der Waals surface area (Å²) in [6, 6.07) is 4.02. The summed E-state index contributed by atoms with van der Waals surface area (Å²) in [6.07, 6.45) is 1.42. The van der Waals surface area contributed by atoms with E-state index in [1.807, 2.05) is 0 Å². The van der Waals surface area contributed by atoms with Crippen molar-refractivity contribution in [3.63, 3.8) is 0 Å². The number of carbonyl (C=O) groups excluding carboxylic acids is 1. The predicted molar refractivity (Wildman–Crippen MR) is 57.3 cm³/mol. The van der Waals surface area contributed by atoms with Crippen LogP contribution in [0.25, 0.3) is 0 Å². The van der Waals surface area contributed by atoms with Crippen LogP contribution >= 0.6 is 15.9 Å². The second-order valence-electron chi connectivity index (χ2n) is 2.90. The maximum absolute atomic E-state index is 10.6. The lowest BCUT2D eigenvalue weighted by atomic mass is 10.1. The zero-order valence-electron chi connectivity index (χ0n) is 7.81. The Labute approximate surface area is 94.1 Å². The molecule has 0 saturated heterocycles. The van der Waals surface area contributed by atoms with Gasteiger partial charge in [-0.1, -0.05) is 15.9 Å². The molecule has 1 aromatic carbocycles. The second-order valence-corrected chi connectivity index (χ2v) is 3.81. The van der Waals surface area contributed by atoms with Crippen molar-refractivity contribution in [3.05, 3.63) is 38.3 Å². The summed E-state index contributed by atoms with van der Waals surface area (Å²) in [4.78, 5) is 23.6. The summed E-state index contributed by atoms with van der Waals surface area (Å²) in [5.74, 6) is 0. The van der Waals surface area contributed by atoms with Gasteiger partial charge in [-0.15, -0.1) is 0 Å². The molecule has 0 aromatic heterocycles. The highest BCUT2D eigenvalue weighted by molar-refractivity contribution is 9.10. The van der Waals surface area contributed by atoms with E-state index < -0.39 is 11.0 Å². The Morgan fingerprint density at radius 2 is 2.20 bits per heavy atom. The van der Waals surface area contributed by atoms with Gasteiger partial charge < -0.3 is 0 Å². The molecule has 1 unspecified atom stereocenters. The molecule has 0 amide bonds. The number of aliphatic imine (C=N–C) groups is 1. The molecule has 6 heteroatoms. The molecule has 0 radical (unpaired) electrons. The number of nitro benzene ring substituents is 1. The van der Waals surface area contributed by atoms with Crippen molar-refractivity contribution in [1.29, 1.82) is 0 Å². The zero-order valence-corrected chi connectivity index (χ0v) is 9.39. The number of isocyanates is 1. The Morgan fingerprint density at radius 3 is 2.73 bits per heavy atom. The molecule has 0 heterocycles. The summed E-state index contributed by atoms with van der Waals surface area (Å²) in [6.45, 7) is 1.66. The second kappa shape index (κ2) is 4.82. The Morgan fingerprint density at radius 1 is 1.53 bits per heavy atom. The number of hydrogen-bond donors (Lipinski definition) is 0. The summed E-state index contributed by atoms with van der Waals surface area (Å²) in [7, 11) is 0. The number of rotatable bonds is 3. The van der Waals surface area contributed by atoms with Gasteiger partial charge in [-0.25, -0.2) is 4.79 Å². The molecular formula is C9H7BrN2O3. The molecule has 0 fully saturated rings. The van der Waals surface area contributed by atoms with E-state index in [2.05, 4.69) is 20.9 Å². The highest BCUT2D eigenvalue weighted by Crippen LogP contribution is 2.26. The fraction of sp³-hybridized carbons (Fsp3) is 0.222. The number of halogens is 1. The van der Waals surface area contributed by atoms with Crippen LogP contribution in [-0.2, 0) is 4.79 Å². The van der Waals surface area contributed by atoms with Crippen molar-refractivity contribution in [2.75, 3.05) is 0 Å². The molecule has 1 aromatic rings. The van der Waals surface area contributed by atoms with Gasteiger partial charge in [0.25, 0.3) is 5.69 Å². The SMILES string of the molecule is CC(N=C=O)c1cc(Br)cc([N+](=O)[O-])c1. The maximum Gasteiger partial charge on any atom is 0.270 e. The molecule has 78 valence electrons. The van der Waals surface area contributed by atoms with E-state index in [0.717, 1.165) is 0 Å². The Bertz CT molecular complexity index is 441. The molecule has 15 heavy (non-hydrogen) atoms. The average molecular weight is 271 g/mol. The molecular weight excluding hydrogens is 264 g/mol. The van der Waals surface area contributed by atoms with Crippen LogP contribution in [0.2, 0.25) is 0 Å². The summed E-state index contributed by atoms with van der Waals surface area (Å²) in [5, 5.41) is 10.6. The highest BCUT2D eigenvalue weighted by Gasteiger charge is 2.12. The van der Waals surface area contributed by atoms with Gasteiger partial charge in [-0.3, -0.25) is 10.1 Å². The predicted octanol–water partition coefficient (Wildman–Crippen LogP) is 2.75. The smallest absolute Gasteiger partial charge is 0.258 e. The summed E-state index contributed by atoms with van der Waals surface area (Å²) < 4.78 is 0.583. The van der Waals surface area contributed by atoms with Gasteiger partial charge in [0.15, 0.2) is 0 Å². The van der Waals surface area contributed by atoms with E-state index in [1.54, 1.807) is 13.0 Å². The quantitative estimate of drug-likeness (QED) is 0.367. The van der Waals surface area contributed by atoms with Crippen molar-refractivity contribution in [2.45, 2.75) is 13.0 Å². The van der Waals surface area contributed by atoms with Crippen molar-refractivity contribution in [3.8, 4) is 0 Å². The van der Waals surface area contributed by atoms with E-state index in [4.69, 9.17) is 0 Å². The maximum atomic E-state index is 10.6. The van der Waals surface area contributed by atoms with E-state index in [0.29, 0.717) is 10.0 Å². The molecule has 0 saturated carbocycles. The van der Waals surface area contributed by atoms with Crippen LogP contribution in [0.5, 0.6) is 0 Å². The van der Waals surface area contributed by atoms with E-state index in [9.17, 15) is 14.9 Å². The third-order valence-electron chi connectivity index (χ3n) is 1.84. The average Bonchev–Trinajstić information content (AvgIpc) is 2.17. The molecule has 0 N–H and O–H groups in total.